The second-order valence-electron chi connectivity index (χ2n) is 6.12. The van der Waals surface area contributed by atoms with E-state index in [2.05, 4.69) is 28.4 Å². The molecule has 1 aromatic carbocycles. The van der Waals surface area contributed by atoms with E-state index in [1.54, 1.807) is 6.33 Å². The second-order valence-corrected chi connectivity index (χ2v) is 6.53. The molecule has 3 aromatic rings. The van der Waals surface area contributed by atoms with Crippen molar-refractivity contribution in [3.8, 4) is 11.3 Å². The number of unbranched alkanes of at least 4 members (excludes halogenated alkanes) is 2. The summed E-state index contributed by atoms with van der Waals surface area (Å²) in [4.78, 5) is 13.8. The Balaban J connectivity index is 2.13. The van der Waals surface area contributed by atoms with Gasteiger partial charge in [0.05, 0.1) is 5.02 Å². The zero-order chi connectivity index (χ0) is 17.1. The highest BCUT2D eigenvalue weighted by molar-refractivity contribution is 6.33. The molecule has 0 saturated carbocycles. The van der Waals surface area contributed by atoms with E-state index in [0.29, 0.717) is 5.02 Å². The zero-order valence-electron chi connectivity index (χ0n) is 14.5. The van der Waals surface area contributed by atoms with Crippen molar-refractivity contribution in [3.63, 3.8) is 0 Å². The van der Waals surface area contributed by atoms with Gasteiger partial charge in [-0.15, -0.1) is 0 Å². The summed E-state index contributed by atoms with van der Waals surface area (Å²) < 4.78 is 2.23. The smallest absolute Gasteiger partial charge is 0.164 e. The molecule has 24 heavy (non-hydrogen) atoms. The summed E-state index contributed by atoms with van der Waals surface area (Å²) in [5, 5.41) is 0.702. The molecule has 3 rings (SSSR count). The molecule has 0 fully saturated rings. The minimum atomic E-state index is 0.702. The number of imidazole rings is 1. The first-order chi connectivity index (χ1) is 11.7. The average molecular weight is 343 g/mol. The van der Waals surface area contributed by atoms with Crippen LogP contribution in [0.2, 0.25) is 5.02 Å². The fourth-order valence-electron chi connectivity index (χ4n) is 3.02. The van der Waals surface area contributed by atoms with Gasteiger partial charge >= 0.3 is 0 Å². The summed E-state index contributed by atoms with van der Waals surface area (Å²) in [5.41, 5.74) is 4.61. The number of rotatable bonds is 6. The number of benzene rings is 1. The molecule has 0 atom stereocenters. The molecule has 2 aromatic heterocycles. The number of hydrogen-bond acceptors (Lipinski definition) is 3. The van der Waals surface area contributed by atoms with Crippen molar-refractivity contribution in [1.29, 1.82) is 0 Å². The van der Waals surface area contributed by atoms with Crippen LogP contribution in [0.5, 0.6) is 0 Å². The Labute approximate surface area is 147 Å². The first-order valence-electron chi connectivity index (χ1n) is 8.62. The van der Waals surface area contributed by atoms with Crippen LogP contribution in [0, 0.1) is 6.92 Å². The summed E-state index contributed by atoms with van der Waals surface area (Å²) in [7, 11) is 0. The van der Waals surface area contributed by atoms with Crippen LogP contribution in [-0.4, -0.2) is 19.5 Å². The van der Waals surface area contributed by atoms with Crippen LogP contribution in [0.15, 0.2) is 24.5 Å². The quantitative estimate of drug-likeness (QED) is 0.578. The van der Waals surface area contributed by atoms with E-state index < -0.39 is 0 Å². The first-order valence-corrected chi connectivity index (χ1v) is 9.00. The third kappa shape index (κ3) is 3.16. The number of aryl methyl sites for hydroxylation is 3. The van der Waals surface area contributed by atoms with E-state index >= 15 is 0 Å². The minimum Gasteiger partial charge on any atom is -0.313 e. The Morgan fingerprint density at radius 3 is 2.67 bits per heavy atom. The number of aromatic nitrogens is 4. The van der Waals surface area contributed by atoms with Gasteiger partial charge in [-0.05, 0) is 25.0 Å². The van der Waals surface area contributed by atoms with E-state index in [9.17, 15) is 0 Å². The van der Waals surface area contributed by atoms with Crippen LogP contribution in [0.3, 0.4) is 0 Å². The summed E-state index contributed by atoms with van der Waals surface area (Å²) in [5.74, 6) is 1.06. The lowest BCUT2D eigenvalue weighted by Gasteiger charge is -2.07. The maximum Gasteiger partial charge on any atom is 0.164 e. The van der Waals surface area contributed by atoms with E-state index in [1.165, 1.54) is 12.8 Å². The van der Waals surface area contributed by atoms with Crippen molar-refractivity contribution in [2.75, 3.05) is 0 Å². The Kier molecular flexibility index (Phi) is 5.14. The molecule has 0 N–H and O–H groups in total. The van der Waals surface area contributed by atoms with Crippen LogP contribution in [-0.2, 0) is 13.0 Å². The predicted octanol–water partition coefficient (Wildman–Crippen LogP) is 5.21. The highest BCUT2D eigenvalue weighted by atomic mass is 35.5. The van der Waals surface area contributed by atoms with Gasteiger partial charge in [0.15, 0.2) is 5.65 Å². The number of fused-ring (bicyclic) bond motifs is 1. The van der Waals surface area contributed by atoms with Gasteiger partial charge in [0.2, 0.25) is 0 Å². The third-order valence-electron chi connectivity index (χ3n) is 4.29. The van der Waals surface area contributed by atoms with Crippen molar-refractivity contribution < 1.29 is 0 Å². The molecule has 126 valence electrons. The van der Waals surface area contributed by atoms with Gasteiger partial charge < -0.3 is 4.57 Å². The lowest BCUT2D eigenvalue weighted by atomic mass is 10.1. The molecular weight excluding hydrogens is 320 g/mol. The number of halogens is 1. The molecule has 0 spiro atoms. The Bertz CT molecular complexity index is 854. The van der Waals surface area contributed by atoms with Gasteiger partial charge in [0.1, 0.15) is 23.4 Å². The Morgan fingerprint density at radius 2 is 1.96 bits per heavy atom. The largest absolute Gasteiger partial charge is 0.313 e. The topological polar surface area (TPSA) is 43.6 Å². The Morgan fingerprint density at radius 1 is 1.12 bits per heavy atom. The summed E-state index contributed by atoms with van der Waals surface area (Å²) >= 11 is 6.45. The van der Waals surface area contributed by atoms with Crippen LogP contribution < -0.4 is 0 Å². The molecule has 0 saturated heterocycles. The van der Waals surface area contributed by atoms with Crippen LogP contribution in [0.1, 0.15) is 44.5 Å². The number of nitrogens with zero attached hydrogens (tertiary/aromatic N) is 4. The van der Waals surface area contributed by atoms with Crippen LogP contribution in [0.4, 0.5) is 0 Å². The van der Waals surface area contributed by atoms with E-state index in [0.717, 1.165) is 53.2 Å². The van der Waals surface area contributed by atoms with Gasteiger partial charge in [-0.2, -0.15) is 0 Å². The SMILES string of the molecule is CCCCCn1c(CC)nc2c(-c3ccc(C)cc3Cl)ncnc21. The van der Waals surface area contributed by atoms with Gasteiger partial charge in [0, 0.05) is 18.5 Å². The molecule has 0 aliphatic heterocycles. The van der Waals surface area contributed by atoms with Crippen molar-refractivity contribution in [2.24, 2.45) is 0 Å². The first kappa shape index (κ1) is 16.9. The zero-order valence-corrected chi connectivity index (χ0v) is 15.3. The molecule has 2 heterocycles. The van der Waals surface area contributed by atoms with E-state index in [-0.39, 0.29) is 0 Å². The molecule has 5 heteroatoms. The summed E-state index contributed by atoms with van der Waals surface area (Å²) in [6.07, 6.45) is 6.05. The van der Waals surface area contributed by atoms with Gasteiger partial charge in [-0.3, -0.25) is 0 Å². The molecule has 0 unspecified atom stereocenters. The lowest BCUT2D eigenvalue weighted by molar-refractivity contribution is 0.591. The van der Waals surface area contributed by atoms with Crippen molar-refractivity contribution in [1.82, 2.24) is 19.5 Å². The van der Waals surface area contributed by atoms with Crippen LogP contribution in [0.25, 0.3) is 22.4 Å². The molecule has 0 amide bonds. The summed E-state index contributed by atoms with van der Waals surface area (Å²) in [6, 6.07) is 6.03. The van der Waals surface area contributed by atoms with Crippen LogP contribution >= 0.6 is 11.6 Å². The van der Waals surface area contributed by atoms with Gasteiger partial charge in [-0.1, -0.05) is 50.4 Å². The van der Waals surface area contributed by atoms with Gasteiger partial charge in [-0.25, -0.2) is 15.0 Å². The maximum atomic E-state index is 6.45. The highest BCUT2D eigenvalue weighted by Crippen LogP contribution is 2.31. The fourth-order valence-corrected chi connectivity index (χ4v) is 3.34. The normalized spacial score (nSPS) is 11.3. The van der Waals surface area contributed by atoms with Crippen molar-refractivity contribution in [3.05, 3.63) is 40.9 Å². The minimum absolute atomic E-state index is 0.702. The molecule has 0 radical (unpaired) electrons. The van der Waals surface area contributed by atoms with E-state index in [4.69, 9.17) is 16.6 Å². The number of hydrogen-bond donors (Lipinski definition) is 0. The standard InChI is InChI=1S/C19H23ClN4/c1-4-6-7-10-24-16(5-2)23-18-17(21-12-22-19(18)24)14-9-8-13(3)11-15(14)20/h8-9,11-12H,4-7,10H2,1-3H3. The molecule has 0 aliphatic rings. The second kappa shape index (κ2) is 7.31. The van der Waals surface area contributed by atoms with E-state index in [1.807, 2.05) is 25.1 Å². The average Bonchev–Trinajstić information content (AvgIpc) is 2.93. The third-order valence-corrected chi connectivity index (χ3v) is 4.60. The lowest BCUT2D eigenvalue weighted by Crippen LogP contribution is -2.04. The monoisotopic (exact) mass is 342 g/mol. The van der Waals surface area contributed by atoms with Crippen molar-refractivity contribution in [2.45, 2.75) is 53.0 Å². The molecule has 0 bridgehead atoms. The predicted molar refractivity (Wildman–Crippen MR) is 99.4 cm³/mol. The summed E-state index contributed by atoms with van der Waals surface area (Å²) in [6.45, 7) is 7.32. The molecule has 0 aliphatic carbocycles. The van der Waals surface area contributed by atoms with Gasteiger partial charge in [0.25, 0.3) is 0 Å². The van der Waals surface area contributed by atoms with Crippen molar-refractivity contribution >= 4 is 22.8 Å². The maximum absolute atomic E-state index is 6.45. The molecule has 4 nitrogen and oxygen atoms in total. The highest BCUT2D eigenvalue weighted by Gasteiger charge is 2.17. The Hall–Kier alpha value is -1.94. The molecular formula is C19H23ClN4. The fraction of sp³-hybridized carbons (Fsp3) is 0.421.